The van der Waals surface area contributed by atoms with Gasteiger partial charge in [0.05, 0.1) is 10.2 Å². The number of rotatable bonds is 5. The Morgan fingerprint density at radius 3 is 2.65 bits per heavy atom. The lowest BCUT2D eigenvalue weighted by Crippen LogP contribution is -2.29. The summed E-state index contributed by atoms with van der Waals surface area (Å²) in [5.74, 6) is 0.454. The molecule has 0 aliphatic heterocycles. The number of amides is 1. The van der Waals surface area contributed by atoms with Gasteiger partial charge in [0.15, 0.2) is 0 Å². The summed E-state index contributed by atoms with van der Waals surface area (Å²) in [5.41, 5.74) is 3.09. The zero-order chi connectivity index (χ0) is 16.4. The molecule has 0 bridgehead atoms. The number of hydrogen-bond donors (Lipinski definition) is 1. The smallest absolute Gasteiger partial charge is 0.267 e. The Kier molecular flexibility index (Phi) is 4.53. The van der Waals surface area contributed by atoms with E-state index >= 15 is 0 Å². The summed E-state index contributed by atoms with van der Waals surface area (Å²) in [7, 11) is 0. The topological polar surface area (TPSA) is 34.0 Å². The molecular weight excluding hydrogens is 304 g/mol. The van der Waals surface area contributed by atoms with Crippen molar-refractivity contribution in [2.24, 2.45) is 5.92 Å². The highest BCUT2D eigenvalue weighted by molar-refractivity contribution is 7.19. The fourth-order valence-corrected chi connectivity index (χ4v) is 3.64. The second-order valence-electron chi connectivity index (χ2n) is 6.31. The fourth-order valence-electron chi connectivity index (χ4n) is 2.68. The van der Waals surface area contributed by atoms with Crippen LogP contribution in [0.2, 0.25) is 0 Å². The van der Waals surface area contributed by atoms with E-state index < -0.39 is 0 Å². The zero-order valence-corrected chi connectivity index (χ0v) is 14.6. The minimum atomic E-state index is 0.00989. The van der Waals surface area contributed by atoms with Gasteiger partial charge in [-0.3, -0.25) is 4.79 Å². The second-order valence-corrected chi connectivity index (χ2v) is 7.60. The molecule has 4 heteroatoms. The van der Waals surface area contributed by atoms with E-state index in [0.29, 0.717) is 19.0 Å². The lowest BCUT2D eigenvalue weighted by molar-refractivity contribution is 0.0940. The molecule has 0 spiro atoms. The summed E-state index contributed by atoms with van der Waals surface area (Å²) in [6.07, 6.45) is 0. The van der Waals surface area contributed by atoms with Crippen LogP contribution >= 0.6 is 11.3 Å². The van der Waals surface area contributed by atoms with Crippen molar-refractivity contribution in [2.45, 2.75) is 27.3 Å². The average Bonchev–Trinajstić information content (AvgIpc) is 3.03. The highest BCUT2D eigenvalue weighted by Gasteiger charge is 2.17. The number of hydrogen-bond acceptors (Lipinski definition) is 2. The molecule has 0 saturated carbocycles. The molecule has 1 N–H and O–H groups in total. The zero-order valence-electron chi connectivity index (χ0n) is 13.8. The number of nitrogens with one attached hydrogen (secondary N) is 1. The first-order chi connectivity index (χ1) is 11.0. The monoisotopic (exact) mass is 326 g/mol. The van der Waals surface area contributed by atoms with Gasteiger partial charge in [-0.15, -0.1) is 11.3 Å². The van der Waals surface area contributed by atoms with Crippen molar-refractivity contribution in [3.05, 3.63) is 58.6 Å². The third-order valence-corrected chi connectivity index (χ3v) is 4.79. The van der Waals surface area contributed by atoms with Gasteiger partial charge in [0.1, 0.15) is 5.69 Å². The number of aryl methyl sites for hydroxylation is 1. The minimum absolute atomic E-state index is 0.00989. The fraction of sp³-hybridized carbons (Fsp3) is 0.316. The summed E-state index contributed by atoms with van der Waals surface area (Å²) >= 11 is 1.74. The van der Waals surface area contributed by atoms with Gasteiger partial charge < -0.3 is 9.88 Å². The van der Waals surface area contributed by atoms with Crippen molar-refractivity contribution in [1.82, 2.24) is 9.88 Å². The second kappa shape index (κ2) is 6.59. The SMILES string of the molecule is Cc1cc2c(cc(C(=O)NCC(C)C)n2Cc2ccccc2)s1. The van der Waals surface area contributed by atoms with Crippen LogP contribution in [0.3, 0.4) is 0 Å². The number of carbonyl (C=O) groups is 1. The molecule has 1 amide bonds. The predicted molar refractivity (Wildman–Crippen MR) is 97.3 cm³/mol. The van der Waals surface area contributed by atoms with E-state index in [9.17, 15) is 4.79 Å². The molecule has 0 unspecified atom stereocenters. The van der Waals surface area contributed by atoms with Crippen LogP contribution in [-0.2, 0) is 6.54 Å². The van der Waals surface area contributed by atoms with Gasteiger partial charge in [-0.25, -0.2) is 0 Å². The van der Waals surface area contributed by atoms with Crippen LogP contribution in [0, 0.1) is 12.8 Å². The molecule has 0 atom stereocenters. The molecule has 3 nitrogen and oxygen atoms in total. The maximum atomic E-state index is 12.6. The number of carbonyl (C=O) groups excluding carboxylic acids is 1. The van der Waals surface area contributed by atoms with E-state index in [-0.39, 0.29) is 5.91 Å². The number of aromatic nitrogens is 1. The molecule has 1 aromatic carbocycles. The van der Waals surface area contributed by atoms with Gasteiger partial charge >= 0.3 is 0 Å². The van der Waals surface area contributed by atoms with Gasteiger partial charge in [0.2, 0.25) is 0 Å². The number of nitrogens with zero attached hydrogens (tertiary/aromatic N) is 1. The van der Waals surface area contributed by atoms with Crippen LogP contribution in [0.25, 0.3) is 10.2 Å². The Bertz CT molecular complexity index is 815. The normalized spacial score (nSPS) is 11.3. The maximum Gasteiger partial charge on any atom is 0.267 e. The van der Waals surface area contributed by atoms with Crippen molar-refractivity contribution in [3.8, 4) is 0 Å². The highest BCUT2D eigenvalue weighted by atomic mass is 32.1. The van der Waals surface area contributed by atoms with Gasteiger partial charge in [-0.2, -0.15) is 0 Å². The summed E-state index contributed by atoms with van der Waals surface area (Å²) in [5, 5.41) is 3.03. The lowest BCUT2D eigenvalue weighted by atomic mass is 10.2. The molecule has 0 radical (unpaired) electrons. The van der Waals surface area contributed by atoms with Crippen LogP contribution in [0.4, 0.5) is 0 Å². The minimum Gasteiger partial charge on any atom is -0.351 e. The van der Waals surface area contributed by atoms with Crippen molar-refractivity contribution < 1.29 is 4.79 Å². The number of fused-ring (bicyclic) bond motifs is 1. The Morgan fingerprint density at radius 1 is 1.22 bits per heavy atom. The maximum absolute atomic E-state index is 12.6. The van der Waals surface area contributed by atoms with Gasteiger partial charge in [-0.05, 0) is 30.5 Å². The molecule has 0 saturated heterocycles. The van der Waals surface area contributed by atoms with Gasteiger partial charge in [0.25, 0.3) is 5.91 Å². The van der Waals surface area contributed by atoms with Gasteiger partial charge in [-0.1, -0.05) is 44.2 Å². The summed E-state index contributed by atoms with van der Waals surface area (Å²) in [6, 6.07) is 14.5. The quantitative estimate of drug-likeness (QED) is 0.738. The Morgan fingerprint density at radius 2 is 1.96 bits per heavy atom. The molecule has 2 heterocycles. The molecule has 3 rings (SSSR count). The van der Waals surface area contributed by atoms with E-state index in [1.165, 1.54) is 15.1 Å². The molecule has 2 aromatic heterocycles. The lowest BCUT2D eigenvalue weighted by Gasteiger charge is -2.12. The van der Waals surface area contributed by atoms with Crippen molar-refractivity contribution >= 4 is 27.5 Å². The summed E-state index contributed by atoms with van der Waals surface area (Å²) < 4.78 is 3.30. The highest BCUT2D eigenvalue weighted by Crippen LogP contribution is 2.29. The molecule has 0 aliphatic rings. The van der Waals surface area contributed by atoms with Crippen LogP contribution < -0.4 is 5.32 Å². The third kappa shape index (κ3) is 3.48. The number of thiophene rings is 1. The first-order valence-corrected chi connectivity index (χ1v) is 8.78. The Labute approximate surface area is 140 Å². The predicted octanol–water partition coefficient (Wildman–Crippen LogP) is 4.45. The van der Waals surface area contributed by atoms with Crippen molar-refractivity contribution in [1.29, 1.82) is 0 Å². The largest absolute Gasteiger partial charge is 0.351 e. The first kappa shape index (κ1) is 15.8. The van der Waals surface area contributed by atoms with Crippen molar-refractivity contribution in [2.75, 3.05) is 6.54 Å². The van der Waals surface area contributed by atoms with E-state index in [0.717, 1.165) is 11.2 Å². The van der Waals surface area contributed by atoms with Crippen LogP contribution in [0.5, 0.6) is 0 Å². The van der Waals surface area contributed by atoms with Crippen LogP contribution in [0.15, 0.2) is 42.5 Å². The molecule has 0 fully saturated rings. The summed E-state index contributed by atoms with van der Waals surface area (Å²) in [6.45, 7) is 7.72. The molecule has 120 valence electrons. The Hall–Kier alpha value is -2.07. The molecule has 0 aliphatic carbocycles. The standard InChI is InChI=1S/C19H22N2OS/c1-13(2)11-20-19(22)17-10-18-16(9-14(3)23-18)21(17)12-15-7-5-4-6-8-15/h4-10,13H,11-12H2,1-3H3,(H,20,22). The van der Waals surface area contributed by atoms with Crippen LogP contribution in [-0.4, -0.2) is 17.0 Å². The van der Waals surface area contributed by atoms with E-state index in [2.05, 4.69) is 48.9 Å². The van der Waals surface area contributed by atoms with E-state index in [4.69, 9.17) is 0 Å². The van der Waals surface area contributed by atoms with Crippen LogP contribution in [0.1, 0.15) is 34.8 Å². The molecule has 23 heavy (non-hydrogen) atoms. The third-order valence-electron chi connectivity index (χ3n) is 3.80. The number of benzene rings is 1. The van der Waals surface area contributed by atoms with E-state index in [1.807, 2.05) is 24.3 Å². The molecular formula is C19H22N2OS. The Balaban J connectivity index is 1.98. The van der Waals surface area contributed by atoms with Gasteiger partial charge in [0, 0.05) is 18.0 Å². The van der Waals surface area contributed by atoms with Crippen molar-refractivity contribution in [3.63, 3.8) is 0 Å². The molecule has 3 aromatic rings. The average molecular weight is 326 g/mol. The summed E-state index contributed by atoms with van der Waals surface area (Å²) in [4.78, 5) is 13.9. The van der Waals surface area contributed by atoms with E-state index in [1.54, 1.807) is 11.3 Å². The first-order valence-electron chi connectivity index (χ1n) is 7.96.